The first kappa shape index (κ1) is 100. The van der Waals surface area contributed by atoms with Crippen LogP contribution in [0, 0.1) is 0 Å². The number of amides is 4. The lowest BCUT2D eigenvalue weighted by molar-refractivity contribution is -0.381. The molecule has 8 heterocycles. The molecular weight excluding hydrogens is 1770 g/mol. The van der Waals surface area contributed by atoms with E-state index in [1.54, 1.807) is 0 Å². The number of carboxylic acids is 4. The maximum absolute atomic E-state index is 13.3. The van der Waals surface area contributed by atoms with Gasteiger partial charge in [0.1, 0.15) is 171 Å². The zero-order valence-corrected chi connectivity index (χ0v) is 64.9. The van der Waals surface area contributed by atoms with Gasteiger partial charge in [-0.2, -0.15) is 33.7 Å². The number of ether oxygens (including phenoxy) is 15. The van der Waals surface area contributed by atoms with Crippen molar-refractivity contribution in [2.75, 3.05) is 26.4 Å². The largest absolute Gasteiger partial charge is 0.479 e. The van der Waals surface area contributed by atoms with Crippen LogP contribution >= 0.6 is 0 Å². The lowest BCUT2D eigenvalue weighted by Gasteiger charge is -2.50. The lowest BCUT2D eigenvalue weighted by Crippen LogP contribution is -2.71. The van der Waals surface area contributed by atoms with E-state index in [1.807, 2.05) is 5.32 Å². The Morgan fingerprint density at radius 3 is 0.694 bits per heavy atom. The number of aliphatic hydroxyl groups excluding tert-OH is 14. The van der Waals surface area contributed by atoms with Crippen LogP contribution in [0.3, 0.4) is 0 Å². The number of aliphatic carboxylic acids is 4. The summed E-state index contributed by atoms with van der Waals surface area (Å²) in [5, 5.41) is 209. The van der Waals surface area contributed by atoms with Crippen LogP contribution in [0.1, 0.15) is 27.7 Å². The van der Waals surface area contributed by atoms with Gasteiger partial charge in [0.15, 0.2) is 74.7 Å². The Bertz CT molecular complexity index is 4100. The molecule has 0 aliphatic carbocycles. The molecule has 8 aliphatic heterocycles. The quantitative estimate of drug-likeness (QED) is 0.0266. The van der Waals surface area contributed by atoms with Crippen molar-refractivity contribution in [2.45, 2.75) is 273 Å². The SMILES string of the molecule is CC(=O)N[C@H]1[C@@H](O[C@H]2[C@H](O)[C@@H](O)[C@@H](O)O[C@H]2C(=O)O)O[C@H](COS(=O)(=O)O)[C@@H](O[C@H]2O[C@@H](C(=O)O)[C@@H](O[C@H]3O[C@H](COS(=O)(=O)O)[C@@H](O[C@H]4O[C@@H](C(=O)O)[C@@H](O[C@H]5O[C@H](COS(=O)(=O)O)[C@@H](O[C@H]6O[C@@H](C(=O)O)[C@@H](O[C@H]7O[C@H](COS(=O)(=O)O)[C@@H](O)[C@H](O)[C@H]7NC(C)=O)[C@H](O)[C@H]6O)[C@H](O)[C@H]5NC(C)=O)[C@H](O)[C@H]4O)[C@H](O)[C@H]3NC(C)=O)[C@H](O)[C@H]2O)[C@@H]1O. The van der Waals surface area contributed by atoms with Gasteiger partial charge in [0.2, 0.25) is 23.6 Å². The number of carbonyl (C=O) groups is 8. The van der Waals surface area contributed by atoms with Crippen molar-refractivity contribution >= 4 is 89.1 Å². The highest BCUT2D eigenvalue weighted by molar-refractivity contribution is 7.81. The molecule has 26 N–H and O–H groups in total. The maximum Gasteiger partial charge on any atom is 0.397 e. The normalized spacial score (nSPS) is 42.7. The van der Waals surface area contributed by atoms with E-state index in [2.05, 4.69) is 32.7 Å². The van der Waals surface area contributed by atoms with Crippen molar-refractivity contribution in [3.05, 3.63) is 0 Å². The van der Waals surface area contributed by atoms with Crippen LogP contribution in [0.25, 0.3) is 0 Å². The number of hydrogen-bond acceptors (Lipinski definition) is 49. The summed E-state index contributed by atoms with van der Waals surface area (Å²) < 4.78 is 234. The molecule has 0 unspecified atom stereocenters. The summed E-state index contributed by atoms with van der Waals surface area (Å²) in [5.74, 6) is -13.2. The van der Waals surface area contributed by atoms with Gasteiger partial charge >= 0.3 is 65.5 Å². The summed E-state index contributed by atoms with van der Waals surface area (Å²) in [6.45, 7) is -3.08. The third-order valence-electron chi connectivity index (χ3n) is 18.9. The summed E-state index contributed by atoms with van der Waals surface area (Å²) in [5.41, 5.74) is 0. The van der Waals surface area contributed by atoms with E-state index < -0.39 is 361 Å². The van der Waals surface area contributed by atoms with Gasteiger partial charge in [-0.1, -0.05) is 0 Å². The van der Waals surface area contributed by atoms with Crippen molar-refractivity contribution in [1.82, 2.24) is 21.3 Å². The lowest BCUT2D eigenvalue weighted by atomic mass is 9.93. The molecule has 8 saturated heterocycles. The van der Waals surface area contributed by atoms with E-state index in [4.69, 9.17) is 75.6 Å². The van der Waals surface area contributed by atoms with Crippen molar-refractivity contribution < 1.29 is 270 Å². The second-order valence-corrected chi connectivity index (χ2v) is 31.9. The van der Waals surface area contributed by atoms with E-state index in [0.29, 0.717) is 6.92 Å². The molecule has 0 spiro atoms. The minimum atomic E-state index is -5.71. The molecule has 121 heavy (non-hydrogen) atoms. The fraction of sp³-hybridized carbons (Fsp3) is 0.857. The number of hydrogen-bond donors (Lipinski definition) is 26. The van der Waals surface area contributed by atoms with Crippen LogP contribution in [0.4, 0.5) is 0 Å². The highest BCUT2D eigenvalue weighted by Gasteiger charge is 2.63. The Balaban J connectivity index is 1.03. The molecular formula is C56H86N4O57S4. The second-order valence-electron chi connectivity index (χ2n) is 27.6. The first-order valence-electron chi connectivity index (χ1n) is 34.7. The van der Waals surface area contributed by atoms with Gasteiger partial charge in [-0.05, 0) is 0 Å². The molecule has 61 nitrogen and oxygen atoms in total. The number of carbonyl (C=O) groups excluding carboxylic acids is 4. The number of rotatable bonds is 34. The molecule has 40 atom stereocenters. The molecule has 8 rings (SSSR count). The predicted octanol–water partition coefficient (Wildman–Crippen LogP) is -18.2. The fourth-order valence-electron chi connectivity index (χ4n) is 13.6. The molecule has 0 aromatic carbocycles. The first-order valence-corrected chi connectivity index (χ1v) is 40.2. The van der Waals surface area contributed by atoms with Crippen LogP contribution in [0.5, 0.6) is 0 Å². The molecule has 0 aromatic rings. The van der Waals surface area contributed by atoms with Crippen LogP contribution in [0.15, 0.2) is 0 Å². The Morgan fingerprint density at radius 1 is 0.256 bits per heavy atom. The van der Waals surface area contributed by atoms with Gasteiger partial charge in [-0.3, -0.25) is 37.4 Å². The van der Waals surface area contributed by atoms with Gasteiger partial charge in [0.05, 0.1) is 26.4 Å². The highest BCUT2D eigenvalue weighted by atomic mass is 32.3. The predicted molar refractivity (Wildman–Crippen MR) is 355 cm³/mol. The van der Waals surface area contributed by atoms with Gasteiger partial charge in [-0.15, -0.1) is 0 Å². The molecule has 8 fully saturated rings. The third-order valence-corrected chi connectivity index (χ3v) is 20.7. The summed E-state index contributed by atoms with van der Waals surface area (Å²) in [6, 6.07) is -8.86. The topological polar surface area (TPSA) is 942 Å². The zero-order valence-electron chi connectivity index (χ0n) is 61.7. The van der Waals surface area contributed by atoms with Crippen LogP contribution < -0.4 is 21.3 Å². The summed E-state index contributed by atoms with van der Waals surface area (Å²) in [6.07, 6.45) is -92.0. The highest BCUT2D eigenvalue weighted by Crippen LogP contribution is 2.40. The summed E-state index contributed by atoms with van der Waals surface area (Å²) in [7, 11) is -22.3. The van der Waals surface area contributed by atoms with Gasteiger partial charge in [-0.25, -0.2) is 35.9 Å². The van der Waals surface area contributed by atoms with E-state index in [9.17, 15) is 178 Å². The smallest absolute Gasteiger partial charge is 0.397 e. The monoisotopic (exact) mass is 1850 g/mol. The minimum absolute atomic E-state index is 0.713. The van der Waals surface area contributed by atoms with Crippen molar-refractivity contribution in [1.29, 1.82) is 0 Å². The molecule has 0 aromatic heterocycles. The average molecular weight is 1860 g/mol. The first-order chi connectivity index (χ1) is 55.9. The van der Waals surface area contributed by atoms with Gasteiger partial charge < -0.3 is 184 Å². The van der Waals surface area contributed by atoms with E-state index in [0.717, 1.165) is 20.8 Å². The van der Waals surface area contributed by atoms with Crippen molar-refractivity contribution in [3.63, 3.8) is 0 Å². The number of nitrogens with one attached hydrogen (secondary N) is 4. The molecule has 696 valence electrons. The maximum atomic E-state index is 13.3. The standard InChI is InChI=1S/C56H86N4O57S4/c1-9(61)57-17-22(66)21(65)13(5-99-118(87,88)89)103-50(17)112-38-27(71)31(75)54(115-42(38)46(80)81)109-35-15(7-101-120(93,94)95)105-52(19(24(35)68)59-11(3)63)114-40-29(73)33(77)56(117-44(40)48(84)85)110-36-16(8-102-121(96,97)98)106-53(20(25(36)69)60-12(4)64)113-39-28(72)32(76)55(116-43(39)47(82)83)108-34-14(6-100-119(90,91)92)104-51(18(23(34)67)58-10(2)62)111-37-26(70)30(74)49(86)107-41(37)45(78)79/h13-44,49-56,65-77,86H,5-8H2,1-4H3,(H,57,61)(H,58,62)(H,59,63)(H,60,64)(H,78,79)(H,80,81)(H,82,83)(H,84,85)(H,87,88,89)(H,90,91,92)(H,93,94,95)(H,96,97,98)/t13-,14-,15-,16-,17-,18-,19-,20-,21-,22-,23-,24-,25-,26-,27-,28-,29-,30-,31-,32-,33-,34-,35-,36-,37+,38+,39+,40+,41-,42-,43-,44-,49+,50-,51-,52-,53-,54+,55+,56+/m1/s1. The molecule has 4 amide bonds. The zero-order chi connectivity index (χ0) is 90.8. The van der Waals surface area contributed by atoms with Gasteiger partial charge in [0.25, 0.3) is 0 Å². The summed E-state index contributed by atoms with van der Waals surface area (Å²) >= 11 is 0. The summed E-state index contributed by atoms with van der Waals surface area (Å²) in [4.78, 5) is 102. The Morgan fingerprint density at radius 2 is 0.463 bits per heavy atom. The molecule has 0 saturated carbocycles. The van der Waals surface area contributed by atoms with E-state index in [1.165, 1.54) is 0 Å². The van der Waals surface area contributed by atoms with Crippen molar-refractivity contribution in [3.8, 4) is 0 Å². The Kier molecular flexibility index (Phi) is 33.9. The third kappa shape index (κ3) is 25.3. The fourth-order valence-corrected chi connectivity index (χ4v) is 14.8. The molecule has 65 heteroatoms. The van der Waals surface area contributed by atoms with Crippen LogP contribution in [-0.2, 0) is 168 Å². The Labute approximate surface area is 677 Å². The van der Waals surface area contributed by atoms with Crippen molar-refractivity contribution in [2.24, 2.45) is 0 Å². The Hall–Kier alpha value is -5.92. The van der Waals surface area contributed by atoms with E-state index >= 15 is 0 Å². The number of aliphatic hydroxyl groups is 14. The van der Waals surface area contributed by atoms with E-state index in [-0.39, 0.29) is 0 Å². The molecule has 8 aliphatic rings. The van der Waals surface area contributed by atoms with Gasteiger partial charge in [0, 0.05) is 27.7 Å². The number of carboxylic acid groups (broad SMARTS) is 4. The average Bonchev–Trinajstić information content (AvgIpc) is 0.759. The molecule has 0 bridgehead atoms. The van der Waals surface area contributed by atoms with Crippen LogP contribution in [-0.4, -0.2) is 463 Å². The van der Waals surface area contributed by atoms with Crippen LogP contribution in [0.2, 0.25) is 0 Å². The minimum Gasteiger partial charge on any atom is -0.479 e. The molecule has 0 radical (unpaired) electrons. The second kappa shape index (κ2) is 40.8.